The molecule has 0 radical (unpaired) electrons. The van der Waals surface area contributed by atoms with Crippen molar-refractivity contribution in [3.63, 3.8) is 0 Å². The Morgan fingerprint density at radius 3 is 2.82 bits per heavy atom. The van der Waals surface area contributed by atoms with E-state index in [2.05, 4.69) is 5.32 Å². The fourth-order valence-corrected chi connectivity index (χ4v) is 1.77. The van der Waals surface area contributed by atoms with Gasteiger partial charge < -0.3 is 15.5 Å². The first-order chi connectivity index (χ1) is 8.13. The third kappa shape index (κ3) is 4.80. The lowest BCUT2D eigenvalue weighted by Crippen LogP contribution is -2.40. The summed E-state index contributed by atoms with van der Waals surface area (Å²) in [6.45, 7) is -0.286. The van der Waals surface area contributed by atoms with Crippen molar-refractivity contribution >= 4 is 29.3 Å². The quantitative estimate of drug-likeness (QED) is 0.653. The zero-order valence-corrected chi connectivity index (χ0v) is 9.81. The summed E-state index contributed by atoms with van der Waals surface area (Å²) in [6.07, 6.45) is 2.88. The molecule has 0 bridgehead atoms. The fourth-order valence-electron chi connectivity index (χ4n) is 1.15. The number of carbonyl (C=O) groups excluding carboxylic acids is 1. The third-order valence-corrected chi connectivity index (χ3v) is 2.81. The van der Waals surface area contributed by atoms with Gasteiger partial charge in [-0.3, -0.25) is 4.79 Å². The van der Waals surface area contributed by atoms with Crippen LogP contribution in [0.15, 0.2) is 23.6 Å². The normalized spacial score (nSPS) is 12.5. The van der Waals surface area contributed by atoms with Crippen molar-refractivity contribution in [1.82, 2.24) is 5.32 Å². The molecular formula is C11H13NO4S. The number of aliphatic carboxylic acids is 1. The van der Waals surface area contributed by atoms with Crippen molar-refractivity contribution in [2.75, 3.05) is 6.61 Å². The molecule has 0 fully saturated rings. The first-order valence-electron chi connectivity index (χ1n) is 4.99. The fraction of sp³-hybridized carbons (Fsp3) is 0.273. The Balaban J connectivity index is 2.50. The van der Waals surface area contributed by atoms with Crippen LogP contribution >= 0.6 is 11.3 Å². The van der Waals surface area contributed by atoms with Gasteiger partial charge in [-0.15, -0.1) is 11.3 Å². The topological polar surface area (TPSA) is 86.6 Å². The number of thiophene rings is 1. The molecule has 17 heavy (non-hydrogen) atoms. The van der Waals surface area contributed by atoms with E-state index in [0.29, 0.717) is 0 Å². The Morgan fingerprint density at radius 2 is 2.29 bits per heavy atom. The maximum atomic E-state index is 11.4. The molecule has 1 unspecified atom stereocenters. The number of carbonyl (C=O) groups is 2. The van der Waals surface area contributed by atoms with Crippen molar-refractivity contribution < 1.29 is 19.8 Å². The first-order valence-corrected chi connectivity index (χ1v) is 5.87. The van der Waals surface area contributed by atoms with E-state index in [-0.39, 0.29) is 13.0 Å². The molecule has 0 aromatic carbocycles. The number of aliphatic hydroxyl groups excluding tert-OH is 1. The SMILES string of the molecule is O=C(/C=C/c1cccs1)NC(CCO)C(=O)O. The molecule has 1 atom stereocenters. The van der Waals surface area contributed by atoms with Gasteiger partial charge in [0, 0.05) is 24.0 Å². The Morgan fingerprint density at radius 1 is 1.53 bits per heavy atom. The summed E-state index contributed by atoms with van der Waals surface area (Å²) < 4.78 is 0. The van der Waals surface area contributed by atoms with Gasteiger partial charge in [-0.05, 0) is 17.5 Å². The van der Waals surface area contributed by atoms with Gasteiger partial charge in [0.05, 0.1) is 0 Å². The summed E-state index contributed by atoms with van der Waals surface area (Å²) in [5.74, 6) is -1.64. The predicted octanol–water partition coefficient (Wildman–Crippen LogP) is 0.713. The molecule has 1 aromatic rings. The molecular weight excluding hydrogens is 242 g/mol. The zero-order chi connectivity index (χ0) is 12.7. The molecule has 92 valence electrons. The second kappa shape index (κ2) is 6.82. The third-order valence-electron chi connectivity index (χ3n) is 1.97. The van der Waals surface area contributed by atoms with Crippen LogP contribution < -0.4 is 5.32 Å². The minimum absolute atomic E-state index is 0.00604. The number of amides is 1. The van der Waals surface area contributed by atoms with Crippen LogP contribution in [0.1, 0.15) is 11.3 Å². The number of hydrogen-bond donors (Lipinski definition) is 3. The standard InChI is InChI=1S/C11H13NO4S/c13-6-5-9(11(15)16)12-10(14)4-3-8-2-1-7-17-8/h1-4,7,9,13H,5-6H2,(H,12,14)(H,15,16)/b4-3+. The van der Waals surface area contributed by atoms with E-state index in [1.165, 1.54) is 17.4 Å². The van der Waals surface area contributed by atoms with Crippen LogP contribution in [0.25, 0.3) is 6.08 Å². The largest absolute Gasteiger partial charge is 0.480 e. The highest BCUT2D eigenvalue weighted by Gasteiger charge is 2.17. The predicted molar refractivity (Wildman–Crippen MR) is 64.6 cm³/mol. The molecule has 6 heteroatoms. The van der Waals surface area contributed by atoms with Gasteiger partial charge >= 0.3 is 5.97 Å². The lowest BCUT2D eigenvalue weighted by Gasteiger charge is -2.10. The van der Waals surface area contributed by atoms with Gasteiger partial charge in [0.25, 0.3) is 0 Å². The van der Waals surface area contributed by atoms with Crippen LogP contribution in [0.2, 0.25) is 0 Å². The van der Waals surface area contributed by atoms with Gasteiger partial charge in [0.1, 0.15) is 6.04 Å². The summed E-state index contributed by atoms with van der Waals surface area (Å²) in [5, 5.41) is 21.6. The molecule has 0 saturated carbocycles. The van der Waals surface area contributed by atoms with Crippen molar-refractivity contribution in [3.8, 4) is 0 Å². The van der Waals surface area contributed by atoms with Crippen molar-refractivity contribution in [2.45, 2.75) is 12.5 Å². The Kier molecular flexibility index (Phi) is 5.38. The first kappa shape index (κ1) is 13.4. The number of aliphatic hydroxyl groups is 1. The van der Waals surface area contributed by atoms with E-state index >= 15 is 0 Å². The summed E-state index contributed by atoms with van der Waals surface area (Å²) in [5.41, 5.74) is 0. The summed E-state index contributed by atoms with van der Waals surface area (Å²) >= 11 is 1.48. The average molecular weight is 255 g/mol. The highest BCUT2D eigenvalue weighted by Crippen LogP contribution is 2.09. The molecule has 0 aliphatic rings. The zero-order valence-electron chi connectivity index (χ0n) is 9.00. The molecule has 0 saturated heterocycles. The van der Waals surface area contributed by atoms with Crippen LogP contribution in [-0.2, 0) is 9.59 Å². The second-order valence-electron chi connectivity index (χ2n) is 3.26. The van der Waals surface area contributed by atoms with Gasteiger partial charge in [0.2, 0.25) is 5.91 Å². The molecule has 0 aliphatic heterocycles. The van der Waals surface area contributed by atoms with Gasteiger partial charge in [-0.25, -0.2) is 4.79 Å². The van der Waals surface area contributed by atoms with E-state index in [1.807, 2.05) is 17.5 Å². The van der Waals surface area contributed by atoms with Gasteiger partial charge in [0.15, 0.2) is 0 Å². The Hall–Kier alpha value is -1.66. The van der Waals surface area contributed by atoms with Gasteiger partial charge in [-0.2, -0.15) is 0 Å². The number of rotatable bonds is 6. The molecule has 3 N–H and O–H groups in total. The molecule has 1 aromatic heterocycles. The summed E-state index contributed by atoms with van der Waals surface area (Å²) in [7, 11) is 0. The van der Waals surface area contributed by atoms with Gasteiger partial charge in [-0.1, -0.05) is 6.07 Å². The van der Waals surface area contributed by atoms with Crippen molar-refractivity contribution in [1.29, 1.82) is 0 Å². The number of carboxylic acid groups (broad SMARTS) is 1. The molecule has 5 nitrogen and oxygen atoms in total. The second-order valence-corrected chi connectivity index (χ2v) is 4.24. The van der Waals surface area contributed by atoms with E-state index in [9.17, 15) is 9.59 Å². The van der Waals surface area contributed by atoms with Crippen LogP contribution in [-0.4, -0.2) is 34.7 Å². The Labute approximate surface area is 102 Å². The number of nitrogens with one attached hydrogen (secondary N) is 1. The van der Waals surface area contributed by atoms with Crippen LogP contribution in [0.4, 0.5) is 0 Å². The van der Waals surface area contributed by atoms with E-state index in [1.54, 1.807) is 6.08 Å². The monoisotopic (exact) mass is 255 g/mol. The average Bonchev–Trinajstić information content (AvgIpc) is 2.78. The van der Waals surface area contributed by atoms with Crippen molar-refractivity contribution in [2.24, 2.45) is 0 Å². The lowest BCUT2D eigenvalue weighted by atomic mass is 10.2. The highest BCUT2D eigenvalue weighted by molar-refractivity contribution is 7.10. The van der Waals surface area contributed by atoms with E-state index in [4.69, 9.17) is 10.2 Å². The van der Waals surface area contributed by atoms with Crippen LogP contribution in [0.5, 0.6) is 0 Å². The highest BCUT2D eigenvalue weighted by atomic mass is 32.1. The van der Waals surface area contributed by atoms with E-state index < -0.39 is 17.9 Å². The molecule has 1 heterocycles. The summed E-state index contributed by atoms with van der Waals surface area (Å²) in [4.78, 5) is 23.0. The molecule has 1 amide bonds. The number of carboxylic acids is 1. The minimum Gasteiger partial charge on any atom is -0.480 e. The molecule has 0 spiro atoms. The van der Waals surface area contributed by atoms with Crippen LogP contribution in [0.3, 0.4) is 0 Å². The Bertz CT molecular complexity index is 400. The van der Waals surface area contributed by atoms with Crippen LogP contribution in [0, 0.1) is 0 Å². The maximum absolute atomic E-state index is 11.4. The molecule has 0 aliphatic carbocycles. The minimum atomic E-state index is -1.16. The van der Waals surface area contributed by atoms with E-state index in [0.717, 1.165) is 4.88 Å². The molecule has 1 rings (SSSR count). The maximum Gasteiger partial charge on any atom is 0.326 e. The lowest BCUT2D eigenvalue weighted by molar-refractivity contribution is -0.141. The summed E-state index contributed by atoms with van der Waals surface area (Å²) in [6, 6.07) is 2.64. The number of hydrogen-bond acceptors (Lipinski definition) is 4. The van der Waals surface area contributed by atoms with Crippen molar-refractivity contribution in [3.05, 3.63) is 28.5 Å². The smallest absolute Gasteiger partial charge is 0.326 e.